The molecule has 1 fully saturated rings. The quantitative estimate of drug-likeness (QED) is 0.289. The standard InChI is InChI=1S/C32H35N3O5/c1-32(2)31(37)35-29-24(19-34(35)26-12-8-9-13-27(26)38-3)22(16-17-25(29)33-32)23-15-14-21(18-28(23)39-4)40-30(36)20-10-6-5-7-11-20/h8-9,12-18,20,33H,5-7,10-11,19H2,1-4H3. The number of benzene rings is 3. The van der Waals surface area contributed by atoms with Crippen LogP contribution in [0.3, 0.4) is 0 Å². The summed E-state index contributed by atoms with van der Waals surface area (Å²) >= 11 is 0. The molecule has 1 N–H and O–H groups in total. The Morgan fingerprint density at radius 2 is 1.65 bits per heavy atom. The summed E-state index contributed by atoms with van der Waals surface area (Å²) in [4.78, 5) is 26.6. The first-order valence-corrected chi connectivity index (χ1v) is 13.9. The van der Waals surface area contributed by atoms with Crippen molar-refractivity contribution in [1.82, 2.24) is 0 Å². The summed E-state index contributed by atoms with van der Waals surface area (Å²) in [5, 5.41) is 7.18. The Kier molecular flexibility index (Phi) is 6.56. The van der Waals surface area contributed by atoms with Gasteiger partial charge in [0.1, 0.15) is 28.5 Å². The average Bonchev–Trinajstić information content (AvgIpc) is 3.38. The van der Waals surface area contributed by atoms with Crippen molar-refractivity contribution in [3.63, 3.8) is 0 Å². The summed E-state index contributed by atoms with van der Waals surface area (Å²) in [6, 6.07) is 17.3. The maximum atomic E-state index is 13.8. The van der Waals surface area contributed by atoms with Crippen molar-refractivity contribution in [3.8, 4) is 28.4 Å². The van der Waals surface area contributed by atoms with Crippen LogP contribution in [0.15, 0.2) is 54.6 Å². The van der Waals surface area contributed by atoms with Crippen molar-refractivity contribution in [2.24, 2.45) is 5.92 Å². The van der Waals surface area contributed by atoms with Crippen LogP contribution in [0, 0.1) is 5.92 Å². The molecule has 1 saturated carbocycles. The van der Waals surface area contributed by atoms with E-state index in [9.17, 15) is 9.59 Å². The first kappa shape index (κ1) is 26.0. The molecule has 8 heteroatoms. The molecule has 2 aliphatic heterocycles. The number of esters is 1. The largest absolute Gasteiger partial charge is 0.496 e. The highest BCUT2D eigenvalue weighted by atomic mass is 16.5. The van der Waals surface area contributed by atoms with Gasteiger partial charge in [-0.05, 0) is 62.6 Å². The van der Waals surface area contributed by atoms with Gasteiger partial charge in [-0.25, -0.2) is 5.01 Å². The van der Waals surface area contributed by atoms with Crippen molar-refractivity contribution in [2.75, 3.05) is 29.6 Å². The predicted molar refractivity (Wildman–Crippen MR) is 155 cm³/mol. The van der Waals surface area contributed by atoms with Crippen LogP contribution in [0.25, 0.3) is 11.1 Å². The minimum atomic E-state index is -0.794. The maximum Gasteiger partial charge on any atom is 0.314 e. The molecule has 1 amide bonds. The number of nitrogens with one attached hydrogen (secondary N) is 1. The van der Waals surface area contributed by atoms with Gasteiger partial charge in [-0.3, -0.25) is 14.6 Å². The van der Waals surface area contributed by atoms with Gasteiger partial charge in [0.2, 0.25) is 0 Å². The van der Waals surface area contributed by atoms with E-state index in [4.69, 9.17) is 14.2 Å². The normalized spacial score (nSPS) is 17.8. The lowest BCUT2D eigenvalue weighted by molar-refractivity contribution is -0.140. The number of hydrogen-bond donors (Lipinski definition) is 1. The molecule has 6 rings (SSSR count). The number of carbonyl (C=O) groups excluding carboxylic acids is 2. The van der Waals surface area contributed by atoms with Gasteiger partial charge in [-0.15, -0.1) is 0 Å². The highest BCUT2D eigenvalue weighted by Crippen LogP contribution is 2.51. The molecule has 3 aromatic carbocycles. The lowest BCUT2D eigenvalue weighted by Crippen LogP contribution is -2.57. The number of rotatable bonds is 6. The maximum absolute atomic E-state index is 13.8. The molecular weight excluding hydrogens is 506 g/mol. The Bertz CT molecular complexity index is 1480. The lowest BCUT2D eigenvalue weighted by Gasteiger charge is -2.41. The summed E-state index contributed by atoms with van der Waals surface area (Å²) in [6.45, 7) is 4.24. The highest BCUT2D eigenvalue weighted by molar-refractivity contribution is 6.12. The molecule has 0 spiro atoms. The van der Waals surface area contributed by atoms with Crippen LogP contribution in [0.2, 0.25) is 0 Å². The Balaban J connectivity index is 1.41. The van der Waals surface area contributed by atoms with Crippen LogP contribution >= 0.6 is 0 Å². The fourth-order valence-electron chi connectivity index (χ4n) is 6.13. The van der Waals surface area contributed by atoms with Crippen LogP contribution in [0.1, 0.15) is 51.5 Å². The first-order chi connectivity index (χ1) is 19.3. The third kappa shape index (κ3) is 4.31. The SMILES string of the molecule is COc1cc(OC(=O)C2CCCCC2)ccc1-c1ccc2c3c1CN(c1ccccc1OC)N3C(=O)C(C)(C)N2. The van der Waals surface area contributed by atoms with Gasteiger partial charge in [-0.1, -0.05) is 37.5 Å². The zero-order valence-corrected chi connectivity index (χ0v) is 23.5. The number of methoxy groups -OCH3 is 2. The molecule has 0 saturated heterocycles. The zero-order valence-electron chi connectivity index (χ0n) is 23.5. The molecule has 1 aliphatic carbocycles. The van der Waals surface area contributed by atoms with Gasteiger partial charge in [0.25, 0.3) is 5.91 Å². The van der Waals surface area contributed by atoms with Gasteiger partial charge in [0.05, 0.1) is 38.1 Å². The molecule has 0 atom stereocenters. The zero-order chi connectivity index (χ0) is 28.0. The highest BCUT2D eigenvalue weighted by Gasteiger charge is 2.47. The lowest BCUT2D eigenvalue weighted by atomic mass is 9.89. The molecule has 2 heterocycles. The summed E-state index contributed by atoms with van der Waals surface area (Å²) < 4.78 is 17.2. The molecule has 3 aliphatic rings. The monoisotopic (exact) mass is 541 g/mol. The van der Waals surface area contributed by atoms with Crippen molar-refractivity contribution in [1.29, 1.82) is 0 Å². The fourth-order valence-corrected chi connectivity index (χ4v) is 6.13. The number of ether oxygens (including phenoxy) is 3. The number of carbonyl (C=O) groups is 2. The second-order valence-electron chi connectivity index (χ2n) is 11.2. The van der Waals surface area contributed by atoms with Crippen LogP contribution in [0.5, 0.6) is 17.2 Å². The van der Waals surface area contributed by atoms with Crippen molar-refractivity contribution >= 4 is 28.9 Å². The predicted octanol–water partition coefficient (Wildman–Crippen LogP) is 6.33. The third-order valence-electron chi connectivity index (χ3n) is 8.20. The van der Waals surface area contributed by atoms with Crippen molar-refractivity contribution < 1.29 is 23.8 Å². The Morgan fingerprint density at radius 1 is 0.925 bits per heavy atom. The Labute approximate surface area is 234 Å². The third-order valence-corrected chi connectivity index (χ3v) is 8.20. The molecular formula is C32H35N3O5. The molecule has 0 unspecified atom stereocenters. The molecule has 0 bridgehead atoms. The fraction of sp³-hybridized carbons (Fsp3) is 0.375. The van der Waals surface area contributed by atoms with E-state index in [0.717, 1.165) is 59.4 Å². The number of amides is 1. The molecule has 0 aromatic heterocycles. The van der Waals surface area contributed by atoms with Gasteiger partial charge >= 0.3 is 5.97 Å². The first-order valence-electron chi connectivity index (χ1n) is 13.9. The van der Waals surface area contributed by atoms with E-state index in [2.05, 4.69) is 11.4 Å². The van der Waals surface area contributed by atoms with Crippen LogP contribution < -0.4 is 29.5 Å². The minimum absolute atomic E-state index is 0.0398. The Morgan fingerprint density at radius 3 is 2.40 bits per heavy atom. The molecule has 0 radical (unpaired) electrons. The van der Waals surface area contributed by atoms with Gasteiger partial charge in [0.15, 0.2) is 0 Å². The molecule has 208 valence electrons. The van der Waals surface area contributed by atoms with Crippen LogP contribution in [-0.2, 0) is 16.1 Å². The smallest absolute Gasteiger partial charge is 0.314 e. The number of anilines is 3. The summed E-state index contributed by atoms with van der Waals surface area (Å²) in [7, 11) is 3.25. The van der Waals surface area contributed by atoms with Gasteiger partial charge in [-0.2, -0.15) is 0 Å². The summed E-state index contributed by atoms with van der Waals surface area (Å²) in [6.07, 6.45) is 5.09. The number of hydrazine groups is 1. The number of hydrogen-bond acceptors (Lipinski definition) is 7. The number of nitrogens with zero attached hydrogens (tertiary/aromatic N) is 2. The molecule has 3 aromatic rings. The van der Waals surface area contributed by atoms with Crippen LogP contribution in [0.4, 0.5) is 17.1 Å². The van der Waals surface area contributed by atoms with E-state index < -0.39 is 5.54 Å². The van der Waals surface area contributed by atoms with E-state index in [-0.39, 0.29) is 17.8 Å². The average molecular weight is 542 g/mol. The summed E-state index contributed by atoms with van der Waals surface area (Å²) in [5.74, 6) is 1.49. The van der Waals surface area contributed by atoms with E-state index in [1.54, 1.807) is 25.3 Å². The molecule has 40 heavy (non-hydrogen) atoms. The molecule has 8 nitrogen and oxygen atoms in total. The van der Waals surface area contributed by atoms with Crippen LogP contribution in [-0.4, -0.2) is 31.6 Å². The van der Waals surface area contributed by atoms with E-state index in [1.165, 1.54) is 6.42 Å². The minimum Gasteiger partial charge on any atom is -0.496 e. The van der Waals surface area contributed by atoms with E-state index in [1.807, 2.05) is 61.3 Å². The topological polar surface area (TPSA) is 80.3 Å². The second kappa shape index (κ2) is 10.1. The van der Waals surface area contributed by atoms with E-state index in [0.29, 0.717) is 23.8 Å². The van der Waals surface area contributed by atoms with Gasteiger partial charge in [0, 0.05) is 17.2 Å². The second-order valence-corrected chi connectivity index (χ2v) is 11.2. The number of para-hydroxylation sites is 2. The van der Waals surface area contributed by atoms with Crippen molar-refractivity contribution in [3.05, 3.63) is 60.2 Å². The van der Waals surface area contributed by atoms with E-state index >= 15 is 0 Å². The Hall–Kier alpha value is -4.20. The van der Waals surface area contributed by atoms with Crippen molar-refractivity contribution in [2.45, 2.75) is 58.0 Å². The summed E-state index contributed by atoms with van der Waals surface area (Å²) in [5.41, 5.74) is 4.51. The van der Waals surface area contributed by atoms with Gasteiger partial charge < -0.3 is 19.5 Å².